The molecule has 22 heavy (non-hydrogen) atoms. The summed E-state index contributed by atoms with van der Waals surface area (Å²) >= 11 is 5.71. The van der Waals surface area contributed by atoms with Crippen LogP contribution in [0.15, 0.2) is 12.1 Å². The Labute approximate surface area is 131 Å². The van der Waals surface area contributed by atoms with Gasteiger partial charge in [0.2, 0.25) is 0 Å². The zero-order valence-electron chi connectivity index (χ0n) is 12.1. The van der Waals surface area contributed by atoms with Crippen molar-refractivity contribution in [2.24, 2.45) is 5.92 Å². The first-order valence-corrected chi connectivity index (χ1v) is 7.67. The van der Waals surface area contributed by atoms with E-state index < -0.39 is 11.7 Å². The van der Waals surface area contributed by atoms with Crippen molar-refractivity contribution < 1.29 is 13.2 Å². The summed E-state index contributed by atoms with van der Waals surface area (Å²) in [4.78, 5) is 7.32. The molecule has 3 rings (SSSR count). The molecular formula is C15H17ClF3N3. The highest BCUT2D eigenvalue weighted by molar-refractivity contribution is 6.32. The monoisotopic (exact) mass is 331 g/mol. The van der Waals surface area contributed by atoms with Gasteiger partial charge in [0, 0.05) is 12.5 Å². The number of hydrogen-bond donors (Lipinski definition) is 2. The highest BCUT2D eigenvalue weighted by atomic mass is 35.5. The van der Waals surface area contributed by atoms with E-state index in [4.69, 9.17) is 11.6 Å². The first-order valence-electron chi connectivity index (χ1n) is 7.29. The number of rotatable bonds is 4. The van der Waals surface area contributed by atoms with Crippen molar-refractivity contribution in [2.45, 2.75) is 37.9 Å². The summed E-state index contributed by atoms with van der Waals surface area (Å²) < 4.78 is 38.5. The third-order valence-corrected chi connectivity index (χ3v) is 4.67. The second-order valence-electron chi connectivity index (χ2n) is 5.89. The van der Waals surface area contributed by atoms with Crippen LogP contribution in [0.3, 0.4) is 0 Å². The van der Waals surface area contributed by atoms with Gasteiger partial charge in [0.1, 0.15) is 5.82 Å². The van der Waals surface area contributed by atoms with Gasteiger partial charge in [0.05, 0.1) is 21.6 Å². The van der Waals surface area contributed by atoms with Crippen LogP contribution < -0.4 is 5.32 Å². The van der Waals surface area contributed by atoms with Crippen molar-refractivity contribution in [3.05, 3.63) is 28.5 Å². The van der Waals surface area contributed by atoms with E-state index in [0.29, 0.717) is 23.0 Å². The minimum atomic E-state index is -4.45. The molecule has 1 fully saturated rings. The maximum absolute atomic E-state index is 12.8. The number of alkyl halides is 3. The van der Waals surface area contributed by atoms with Crippen LogP contribution in [0, 0.1) is 5.92 Å². The molecule has 0 saturated heterocycles. The molecule has 2 aromatic rings. The van der Waals surface area contributed by atoms with E-state index in [1.54, 1.807) is 0 Å². The predicted octanol–water partition coefficient (Wildman–Crippen LogP) is 4.17. The second-order valence-corrected chi connectivity index (χ2v) is 6.30. The molecule has 120 valence electrons. The Bertz CT molecular complexity index is 674. The molecule has 1 aliphatic rings. The fourth-order valence-electron chi connectivity index (χ4n) is 2.97. The molecular weight excluding hydrogens is 315 g/mol. The summed E-state index contributed by atoms with van der Waals surface area (Å²) in [6.45, 7) is 0. The zero-order valence-corrected chi connectivity index (χ0v) is 12.9. The van der Waals surface area contributed by atoms with Gasteiger partial charge in [-0.25, -0.2) is 4.98 Å². The molecule has 1 aliphatic carbocycles. The number of nitrogens with one attached hydrogen (secondary N) is 2. The number of imidazole rings is 1. The van der Waals surface area contributed by atoms with E-state index in [0.717, 1.165) is 37.6 Å². The Morgan fingerprint density at radius 3 is 2.73 bits per heavy atom. The normalized spacial score (nSPS) is 22.0. The molecule has 1 aromatic carbocycles. The van der Waals surface area contributed by atoms with E-state index in [1.807, 2.05) is 7.05 Å². The lowest BCUT2D eigenvalue weighted by Gasteiger charge is -2.34. The van der Waals surface area contributed by atoms with E-state index in [9.17, 15) is 13.2 Å². The lowest BCUT2D eigenvalue weighted by molar-refractivity contribution is -0.137. The number of aryl methyl sites for hydroxylation is 1. The summed E-state index contributed by atoms with van der Waals surface area (Å²) in [5, 5.41) is 2.92. The highest BCUT2D eigenvalue weighted by Crippen LogP contribution is 2.37. The van der Waals surface area contributed by atoms with Crippen molar-refractivity contribution >= 4 is 22.6 Å². The number of nitrogens with zero attached hydrogens (tertiary/aromatic N) is 1. The van der Waals surface area contributed by atoms with Crippen molar-refractivity contribution in [2.75, 3.05) is 7.05 Å². The fourth-order valence-corrected chi connectivity index (χ4v) is 3.23. The van der Waals surface area contributed by atoms with Gasteiger partial charge in [0.15, 0.2) is 0 Å². The molecule has 0 bridgehead atoms. The Balaban J connectivity index is 1.73. The summed E-state index contributed by atoms with van der Waals surface area (Å²) in [6, 6.07) is 2.92. The van der Waals surface area contributed by atoms with Crippen LogP contribution in [0.4, 0.5) is 13.2 Å². The van der Waals surface area contributed by atoms with Gasteiger partial charge < -0.3 is 10.3 Å². The smallest absolute Gasteiger partial charge is 0.342 e. The number of benzene rings is 1. The Hall–Kier alpha value is -1.27. The van der Waals surface area contributed by atoms with Crippen molar-refractivity contribution in [1.82, 2.24) is 15.3 Å². The number of aromatic amines is 1. The van der Waals surface area contributed by atoms with Crippen LogP contribution in [-0.4, -0.2) is 23.1 Å². The van der Waals surface area contributed by atoms with E-state index >= 15 is 0 Å². The largest absolute Gasteiger partial charge is 0.417 e. The molecule has 0 spiro atoms. The fraction of sp³-hybridized carbons (Fsp3) is 0.533. The van der Waals surface area contributed by atoms with Crippen molar-refractivity contribution in [3.8, 4) is 0 Å². The maximum atomic E-state index is 12.8. The zero-order chi connectivity index (χ0) is 15.9. The summed E-state index contributed by atoms with van der Waals surface area (Å²) in [6.07, 6.45) is -0.404. The van der Waals surface area contributed by atoms with Gasteiger partial charge in [-0.1, -0.05) is 11.6 Å². The molecule has 0 radical (unpaired) electrons. The topological polar surface area (TPSA) is 40.7 Å². The van der Waals surface area contributed by atoms with Crippen LogP contribution in [-0.2, 0) is 12.6 Å². The maximum Gasteiger partial charge on any atom is 0.417 e. The standard InChI is InChI=1S/C15H17ClF3N3/c1-20-9-4-8(5-9)2-3-14-21-12-6-10(15(17,18)19)11(16)7-13(12)22-14/h6-9,20H,2-5H2,1H3,(H,21,22). The Morgan fingerprint density at radius 2 is 2.09 bits per heavy atom. The van der Waals surface area contributed by atoms with Gasteiger partial charge in [-0.3, -0.25) is 0 Å². The molecule has 3 nitrogen and oxygen atoms in total. The van der Waals surface area contributed by atoms with Gasteiger partial charge in [-0.15, -0.1) is 0 Å². The first-order chi connectivity index (χ1) is 10.4. The number of hydrogen-bond acceptors (Lipinski definition) is 2. The average molecular weight is 332 g/mol. The van der Waals surface area contributed by atoms with Crippen LogP contribution in [0.25, 0.3) is 11.0 Å². The Kier molecular flexibility index (Phi) is 4.07. The number of halogens is 4. The minimum Gasteiger partial charge on any atom is -0.342 e. The quantitative estimate of drug-likeness (QED) is 0.883. The predicted molar refractivity (Wildman–Crippen MR) is 80.0 cm³/mol. The second kappa shape index (κ2) is 5.74. The molecule has 0 unspecified atom stereocenters. The molecule has 7 heteroatoms. The molecule has 0 aliphatic heterocycles. The van der Waals surface area contributed by atoms with E-state index in [-0.39, 0.29) is 5.02 Å². The summed E-state index contributed by atoms with van der Waals surface area (Å²) in [5.74, 6) is 1.39. The van der Waals surface area contributed by atoms with Crippen LogP contribution in [0.2, 0.25) is 5.02 Å². The number of aromatic nitrogens is 2. The highest BCUT2D eigenvalue weighted by Gasteiger charge is 2.34. The first kappa shape index (κ1) is 15.6. The lowest BCUT2D eigenvalue weighted by Crippen LogP contribution is -2.39. The van der Waals surface area contributed by atoms with E-state index in [1.165, 1.54) is 6.07 Å². The number of fused-ring (bicyclic) bond motifs is 1. The third-order valence-electron chi connectivity index (χ3n) is 4.36. The molecule has 1 aromatic heterocycles. The van der Waals surface area contributed by atoms with Gasteiger partial charge in [0.25, 0.3) is 0 Å². The summed E-state index contributed by atoms with van der Waals surface area (Å²) in [5.41, 5.74) is 0.0378. The minimum absolute atomic E-state index is 0.311. The van der Waals surface area contributed by atoms with Crippen LogP contribution in [0.1, 0.15) is 30.7 Å². The van der Waals surface area contributed by atoms with Crippen LogP contribution >= 0.6 is 11.6 Å². The molecule has 1 heterocycles. The summed E-state index contributed by atoms with van der Waals surface area (Å²) in [7, 11) is 1.96. The third kappa shape index (κ3) is 3.08. The Morgan fingerprint density at radius 1 is 1.36 bits per heavy atom. The number of H-pyrrole nitrogens is 1. The van der Waals surface area contributed by atoms with E-state index in [2.05, 4.69) is 15.3 Å². The molecule has 0 atom stereocenters. The van der Waals surface area contributed by atoms with Crippen LogP contribution in [0.5, 0.6) is 0 Å². The van der Waals surface area contributed by atoms with Crippen molar-refractivity contribution in [1.29, 1.82) is 0 Å². The molecule has 0 amide bonds. The molecule has 1 saturated carbocycles. The van der Waals surface area contributed by atoms with Gasteiger partial charge in [-0.2, -0.15) is 13.2 Å². The van der Waals surface area contributed by atoms with Gasteiger partial charge in [-0.05, 0) is 44.4 Å². The lowest BCUT2D eigenvalue weighted by atomic mass is 9.77. The van der Waals surface area contributed by atoms with Gasteiger partial charge >= 0.3 is 6.18 Å². The molecule has 2 N–H and O–H groups in total. The van der Waals surface area contributed by atoms with Crippen molar-refractivity contribution in [3.63, 3.8) is 0 Å². The average Bonchev–Trinajstić information content (AvgIpc) is 2.76. The SMILES string of the molecule is CNC1CC(CCc2nc3cc(Cl)c(C(F)(F)F)cc3[nH]2)C1.